The Balaban J connectivity index is 1.18. The van der Waals surface area contributed by atoms with Crippen LogP contribution in [0.5, 0.6) is 11.5 Å². The molecule has 8 aromatic rings. The van der Waals surface area contributed by atoms with Gasteiger partial charge in [0.25, 0.3) is 0 Å². The lowest BCUT2D eigenvalue weighted by Crippen LogP contribution is -2.34. The molecule has 208 valence electrons. The van der Waals surface area contributed by atoms with Gasteiger partial charge >= 0.3 is 0 Å². The smallest absolute Gasteiger partial charge is 0.136 e. The molecule has 0 amide bonds. The number of hydrogen-bond acceptors (Lipinski definition) is 3. The van der Waals surface area contributed by atoms with Gasteiger partial charge in [0, 0.05) is 31.7 Å². The van der Waals surface area contributed by atoms with E-state index in [9.17, 15) is 0 Å². The maximum Gasteiger partial charge on any atom is 0.136 e. The first kappa shape index (κ1) is 25.1. The van der Waals surface area contributed by atoms with Crippen LogP contribution in [0.3, 0.4) is 0 Å². The summed E-state index contributed by atoms with van der Waals surface area (Å²) >= 11 is 1.79. The second kappa shape index (κ2) is 9.84. The minimum Gasteiger partial charge on any atom is -0.457 e. The third-order valence-electron chi connectivity index (χ3n) is 8.86. The Morgan fingerprint density at radius 1 is 0.432 bits per heavy atom. The quantitative estimate of drug-likeness (QED) is 0.206. The summed E-state index contributed by atoms with van der Waals surface area (Å²) in [5, 5.41) is 2.30. The SMILES string of the molecule is c1ccc(C2(c3ccccc3)c3ccccc3Oc3cc(-c4ccc(-c5ccc6c(c5)oc5ccccc56)s4)ccc32)cc1. The van der Waals surface area contributed by atoms with E-state index in [1.165, 1.54) is 20.9 Å². The van der Waals surface area contributed by atoms with E-state index in [4.69, 9.17) is 9.15 Å². The molecular weight excluding hydrogens is 557 g/mol. The zero-order chi connectivity index (χ0) is 29.1. The van der Waals surface area contributed by atoms with Gasteiger partial charge in [-0.25, -0.2) is 0 Å². The molecule has 1 aliphatic heterocycles. The van der Waals surface area contributed by atoms with Gasteiger partial charge in [0.1, 0.15) is 22.7 Å². The van der Waals surface area contributed by atoms with Crippen LogP contribution in [0.4, 0.5) is 0 Å². The van der Waals surface area contributed by atoms with E-state index in [1.54, 1.807) is 11.3 Å². The van der Waals surface area contributed by atoms with Crippen molar-refractivity contribution in [2.75, 3.05) is 0 Å². The van der Waals surface area contributed by atoms with E-state index in [1.807, 2.05) is 12.1 Å². The monoisotopic (exact) mass is 582 g/mol. The van der Waals surface area contributed by atoms with Crippen molar-refractivity contribution < 1.29 is 9.15 Å². The second-order valence-electron chi connectivity index (χ2n) is 11.3. The first-order chi connectivity index (χ1) is 21.8. The molecule has 3 heteroatoms. The number of furan rings is 1. The van der Waals surface area contributed by atoms with E-state index in [0.29, 0.717) is 0 Å². The molecule has 0 saturated heterocycles. The summed E-state index contributed by atoms with van der Waals surface area (Å²) in [5.41, 5.74) is 8.35. The van der Waals surface area contributed by atoms with Crippen LogP contribution in [-0.4, -0.2) is 0 Å². The van der Waals surface area contributed by atoms with Gasteiger partial charge in [0.15, 0.2) is 0 Å². The third-order valence-corrected chi connectivity index (χ3v) is 10.0. The van der Waals surface area contributed by atoms with Crippen LogP contribution in [0.25, 0.3) is 42.8 Å². The first-order valence-corrected chi connectivity index (χ1v) is 15.7. The lowest BCUT2D eigenvalue weighted by Gasteiger charge is -2.41. The Morgan fingerprint density at radius 2 is 1.02 bits per heavy atom. The molecule has 6 aromatic carbocycles. The molecule has 1 aliphatic rings. The highest BCUT2D eigenvalue weighted by atomic mass is 32.1. The van der Waals surface area contributed by atoms with Gasteiger partial charge in [-0.2, -0.15) is 0 Å². The minimum absolute atomic E-state index is 0.506. The molecule has 0 unspecified atom stereocenters. The fourth-order valence-electron chi connectivity index (χ4n) is 6.89. The second-order valence-corrected chi connectivity index (χ2v) is 12.3. The molecule has 0 saturated carbocycles. The van der Waals surface area contributed by atoms with E-state index in [2.05, 4.69) is 146 Å². The number of para-hydroxylation sites is 2. The Hall–Kier alpha value is -5.38. The molecule has 3 heterocycles. The molecule has 0 fully saturated rings. The van der Waals surface area contributed by atoms with Crippen molar-refractivity contribution in [2.24, 2.45) is 0 Å². The van der Waals surface area contributed by atoms with Crippen LogP contribution in [0, 0.1) is 0 Å². The van der Waals surface area contributed by atoms with Crippen LogP contribution in [0.1, 0.15) is 22.3 Å². The lowest BCUT2D eigenvalue weighted by atomic mass is 9.63. The predicted octanol–water partition coefficient (Wildman–Crippen LogP) is 11.5. The van der Waals surface area contributed by atoms with Gasteiger partial charge in [0.2, 0.25) is 0 Å². The molecule has 0 atom stereocenters. The number of fused-ring (bicyclic) bond motifs is 5. The summed E-state index contributed by atoms with van der Waals surface area (Å²) in [4.78, 5) is 2.40. The molecule has 0 N–H and O–H groups in total. The number of hydrogen-bond donors (Lipinski definition) is 0. The van der Waals surface area contributed by atoms with Crippen LogP contribution < -0.4 is 4.74 Å². The zero-order valence-corrected chi connectivity index (χ0v) is 24.6. The fraction of sp³-hybridized carbons (Fsp3) is 0.0244. The molecule has 2 nitrogen and oxygen atoms in total. The van der Waals surface area contributed by atoms with Gasteiger partial charge < -0.3 is 9.15 Å². The Morgan fingerprint density at radius 3 is 1.80 bits per heavy atom. The summed E-state index contributed by atoms with van der Waals surface area (Å²) in [6.07, 6.45) is 0. The average Bonchev–Trinajstić information content (AvgIpc) is 3.73. The lowest BCUT2D eigenvalue weighted by molar-refractivity contribution is 0.435. The van der Waals surface area contributed by atoms with Crippen LogP contribution in [0.2, 0.25) is 0 Å². The Labute approximate surface area is 259 Å². The van der Waals surface area contributed by atoms with E-state index in [-0.39, 0.29) is 0 Å². The van der Waals surface area contributed by atoms with E-state index >= 15 is 0 Å². The largest absolute Gasteiger partial charge is 0.457 e. The molecular formula is C41H26O2S. The van der Waals surface area contributed by atoms with Gasteiger partial charge in [0.05, 0.1) is 5.41 Å². The number of rotatable bonds is 4. The van der Waals surface area contributed by atoms with Crippen molar-refractivity contribution in [3.8, 4) is 32.4 Å². The standard InChI is InChI=1S/C41H26O2S/c1-3-11-29(12-4-1)41(30-13-5-2-6-14-30)33-16-8-10-18-36(33)43-38-26-28(20-22-34(38)41)40-24-23-39(44-40)27-19-21-32-31-15-7-9-17-35(31)42-37(32)25-27/h1-26H. The normalized spacial score (nSPS) is 13.4. The van der Waals surface area contributed by atoms with Crippen molar-refractivity contribution >= 4 is 33.3 Å². The van der Waals surface area contributed by atoms with Gasteiger partial charge in [-0.15, -0.1) is 11.3 Å². The van der Waals surface area contributed by atoms with Crippen LogP contribution >= 0.6 is 11.3 Å². The fourth-order valence-corrected chi connectivity index (χ4v) is 7.89. The van der Waals surface area contributed by atoms with Crippen molar-refractivity contribution in [1.82, 2.24) is 0 Å². The van der Waals surface area contributed by atoms with Crippen LogP contribution in [-0.2, 0) is 5.41 Å². The van der Waals surface area contributed by atoms with Crippen LogP contribution in [0.15, 0.2) is 162 Å². The number of benzene rings is 6. The summed E-state index contributed by atoms with van der Waals surface area (Å²) in [6, 6.07) is 55.9. The summed E-state index contributed by atoms with van der Waals surface area (Å²) in [6.45, 7) is 0. The Bertz CT molecular complexity index is 2270. The van der Waals surface area contributed by atoms with E-state index in [0.717, 1.165) is 55.7 Å². The van der Waals surface area contributed by atoms with Gasteiger partial charge in [-0.3, -0.25) is 0 Å². The van der Waals surface area contributed by atoms with Crippen molar-refractivity contribution in [2.45, 2.75) is 5.41 Å². The molecule has 0 spiro atoms. The summed E-state index contributed by atoms with van der Waals surface area (Å²) in [7, 11) is 0. The molecule has 2 aromatic heterocycles. The molecule has 0 bridgehead atoms. The maximum atomic E-state index is 6.70. The van der Waals surface area contributed by atoms with E-state index < -0.39 is 5.41 Å². The number of thiophene rings is 1. The van der Waals surface area contributed by atoms with Crippen molar-refractivity contribution in [1.29, 1.82) is 0 Å². The summed E-state index contributed by atoms with van der Waals surface area (Å²) in [5.74, 6) is 1.77. The first-order valence-electron chi connectivity index (χ1n) is 14.8. The highest BCUT2D eigenvalue weighted by Gasteiger charge is 2.45. The van der Waals surface area contributed by atoms with Gasteiger partial charge in [-0.05, 0) is 64.7 Å². The van der Waals surface area contributed by atoms with Crippen molar-refractivity contribution in [3.05, 3.63) is 180 Å². The van der Waals surface area contributed by atoms with Gasteiger partial charge in [-0.1, -0.05) is 115 Å². The number of ether oxygens (including phenoxy) is 1. The van der Waals surface area contributed by atoms with Crippen molar-refractivity contribution in [3.63, 3.8) is 0 Å². The topological polar surface area (TPSA) is 22.4 Å². The average molecular weight is 583 g/mol. The zero-order valence-electron chi connectivity index (χ0n) is 23.7. The predicted molar refractivity (Wildman–Crippen MR) is 181 cm³/mol. The minimum atomic E-state index is -0.506. The highest BCUT2D eigenvalue weighted by molar-refractivity contribution is 7.18. The highest BCUT2D eigenvalue weighted by Crippen LogP contribution is 2.56. The maximum absolute atomic E-state index is 6.70. The molecule has 44 heavy (non-hydrogen) atoms. The Kier molecular flexibility index (Phi) is 5.62. The molecule has 0 aliphatic carbocycles. The molecule has 0 radical (unpaired) electrons. The molecule has 9 rings (SSSR count). The summed E-state index contributed by atoms with van der Waals surface area (Å²) < 4.78 is 12.9. The third kappa shape index (κ3) is 3.73.